The molecule has 0 aliphatic heterocycles. The molecule has 0 saturated heterocycles. The largest absolute Gasteiger partial charge is 0.327 e. The summed E-state index contributed by atoms with van der Waals surface area (Å²) in [6.07, 6.45) is 5.86. The van der Waals surface area contributed by atoms with E-state index < -0.39 is 0 Å². The monoisotopic (exact) mass is 308 g/mol. The van der Waals surface area contributed by atoms with Crippen molar-refractivity contribution in [2.24, 2.45) is 5.41 Å². The molecule has 1 aromatic heterocycles. The second-order valence-corrected chi connectivity index (χ2v) is 7.04. The molecule has 0 spiro atoms. The third kappa shape index (κ3) is 2.80. The van der Waals surface area contributed by atoms with E-state index in [1.54, 1.807) is 6.07 Å². The minimum atomic E-state index is -0.184. The second kappa shape index (κ2) is 5.60. The smallest absolute Gasteiger partial charge is 0.128 e. The predicted octanol–water partition coefficient (Wildman–Crippen LogP) is 4.85. The lowest BCUT2D eigenvalue weighted by Gasteiger charge is -2.25. The number of halogens is 2. The summed E-state index contributed by atoms with van der Waals surface area (Å²) >= 11 is 5.92. The van der Waals surface area contributed by atoms with Crippen molar-refractivity contribution in [1.82, 2.24) is 9.55 Å². The van der Waals surface area contributed by atoms with Crippen LogP contribution in [0.25, 0.3) is 11.0 Å². The summed E-state index contributed by atoms with van der Waals surface area (Å²) in [6.45, 7) is 5.12. The number of hydrogen-bond donors (Lipinski definition) is 0. The van der Waals surface area contributed by atoms with E-state index in [4.69, 9.17) is 11.6 Å². The number of alkyl halides is 1. The second-order valence-electron chi connectivity index (χ2n) is 6.66. The van der Waals surface area contributed by atoms with Crippen molar-refractivity contribution in [2.75, 3.05) is 5.88 Å². The van der Waals surface area contributed by atoms with E-state index >= 15 is 0 Å². The molecule has 3 rings (SSSR count). The lowest BCUT2D eigenvalue weighted by atomic mass is 9.88. The molecule has 1 aromatic carbocycles. The van der Waals surface area contributed by atoms with Crippen molar-refractivity contribution in [3.05, 3.63) is 29.3 Å². The SMILES string of the molecule is Cc1cc2c(cc1F)nc(CCCl)n2CC1(C)CCCC1. The van der Waals surface area contributed by atoms with Crippen LogP contribution in [0.15, 0.2) is 12.1 Å². The van der Waals surface area contributed by atoms with E-state index in [9.17, 15) is 4.39 Å². The van der Waals surface area contributed by atoms with Crippen LogP contribution in [0.2, 0.25) is 0 Å². The van der Waals surface area contributed by atoms with E-state index in [1.807, 2.05) is 13.0 Å². The predicted molar refractivity (Wildman–Crippen MR) is 85.4 cm³/mol. The van der Waals surface area contributed by atoms with E-state index in [0.717, 1.165) is 29.8 Å². The van der Waals surface area contributed by atoms with Crippen LogP contribution < -0.4 is 0 Å². The Morgan fingerprint density at radius 2 is 2.05 bits per heavy atom. The Balaban J connectivity index is 2.08. The van der Waals surface area contributed by atoms with Crippen molar-refractivity contribution in [3.8, 4) is 0 Å². The number of imidazole rings is 1. The number of rotatable bonds is 4. The normalized spacial score (nSPS) is 17.7. The molecule has 0 unspecified atom stereocenters. The van der Waals surface area contributed by atoms with Gasteiger partial charge in [0, 0.05) is 24.9 Å². The molecule has 4 heteroatoms. The molecule has 2 aromatic rings. The van der Waals surface area contributed by atoms with Gasteiger partial charge in [0.25, 0.3) is 0 Å². The van der Waals surface area contributed by atoms with Crippen molar-refractivity contribution < 1.29 is 4.39 Å². The van der Waals surface area contributed by atoms with E-state index in [-0.39, 0.29) is 5.82 Å². The summed E-state index contributed by atoms with van der Waals surface area (Å²) in [5.74, 6) is 1.34. The molecule has 0 amide bonds. The highest BCUT2D eigenvalue weighted by molar-refractivity contribution is 6.17. The molecule has 1 heterocycles. The van der Waals surface area contributed by atoms with Gasteiger partial charge in [0.1, 0.15) is 11.6 Å². The van der Waals surface area contributed by atoms with Crippen LogP contribution in [0.4, 0.5) is 4.39 Å². The molecular formula is C17H22ClFN2. The molecule has 1 saturated carbocycles. The first kappa shape index (κ1) is 14.8. The fourth-order valence-electron chi connectivity index (χ4n) is 3.52. The Bertz CT molecular complexity index is 656. The zero-order valence-electron chi connectivity index (χ0n) is 12.8. The summed E-state index contributed by atoms with van der Waals surface area (Å²) in [7, 11) is 0. The summed E-state index contributed by atoms with van der Waals surface area (Å²) < 4.78 is 16.1. The highest BCUT2D eigenvalue weighted by Gasteiger charge is 2.30. The van der Waals surface area contributed by atoms with Gasteiger partial charge >= 0.3 is 0 Å². The Morgan fingerprint density at radius 1 is 1.33 bits per heavy atom. The van der Waals surface area contributed by atoms with Crippen molar-refractivity contribution in [3.63, 3.8) is 0 Å². The van der Waals surface area contributed by atoms with E-state index in [2.05, 4.69) is 16.5 Å². The summed E-state index contributed by atoms with van der Waals surface area (Å²) in [6, 6.07) is 3.48. The molecular weight excluding hydrogens is 287 g/mol. The van der Waals surface area contributed by atoms with Gasteiger partial charge < -0.3 is 4.57 Å². The van der Waals surface area contributed by atoms with Crippen LogP contribution in [0, 0.1) is 18.2 Å². The van der Waals surface area contributed by atoms with E-state index in [0.29, 0.717) is 16.9 Å². The average Bonchev–Trinajstić information content (AvgIpc) is 2.98. The maximum Gasteiger partial charge on any atom is 0.128 e. The first-order valence-electron chi connectivity index (χ1n) is 7.74. The zero-order chi connectivity index (χ0) is 15.0. The van der Waals surface area contributed by atoms with Crippen LogP contribution in [0.1, 0.15) is 44.0 Å². The number of aryl methyl sites for hydroxylation is 2. The topological polar surface area (TPSA) is 17.8 Å². The standard InChI is InChI=1S/C17H22ClFN2/c1-12-9-15-14(10-13(12)19)20-16(5-8-18)21(15)11-17(2)6-3-4-7-17/h9-10H,3-8,11H2,1-2H3. The Labute approximate surface area is 130 Å². The number of hydrogen-bond acceptors (Lipinski definition) is 1. The Hall–Kier alpha value is -1.09. The van der Waals surface area contributed by atoms with Crippen molar-refractivity contribution >= 4 is 22.6 Å². The molecule has 1 aliphatic rings. The van der Waals surface area contributed by atoms with Crippen LogP contribution in [0.3, 0.4) is 0 Å². The van der Waals surface area contributed by atoms with Gasteiger partial charge in [-0.15, -0.1) is 11.6 Å². The van der Waals surface area contributed by atoms with Gasteiger partial charge in [-0.05, 0) is 36.8 Å². The number of fused-ring (bicyclic) bond motifs is 1. The average molecular weight is 309 g/mol. The van der Waals surface area contributed by atoms with Crippen molar-refractivity contribution in [2.45, 2.75) is 52.5 Å². The fourth-order valence-corrected chi connectivity index (χ4v) is 3.69. The first-order chi connectivity index (χ1) is 10.0. The van der Waals surface area contributed by atoms with Gasteiger partial charge in [0.2, 0.25) is 0 Å². The lowest BCUT2D eigenvalue weighted by Crippen LogP contribution is -2.21. The molecule has 1 aliphatic carbocycles. The fraction of sp³-hybridized carbons (Fsp3) is 0.588. The van der Waals surface area contributed by atoms with Crippen LogP contribution in [0.5, 0.6) is 0 Å². The number of nitrogens with zero attached hydrogens (tertiary/aromatic N) is 2. The quantitative estimate of drug-likeness (QED) is 0.739. The van der Waals surface area contributed by atoms with Gasteiger partial charge in [0.15, 0.2) is 0 Å². The van der Waals surface area contributed by atoms with Crippen molar-refractivity contribution in [1.29, 1.82) is 0 Å². The molecule has 21 heavy (non-hydrogen) atoms. The van der Waals surface area contributed by atoms with Crippen LogP contribution in [-0.2, 0) is 13.0 Å². The maximum atomic E-state index is 13.8. The van der Waals surface area contributed by atoms with Crippen LogP contribution >= 0.6 is 11.6 Å². The maximum absolute atomic E-state index is 13.8. The summed E-state index contributed by atoms with van der Waals surface area (Å²) in [5, 5.41) is 0. The number of aromatic nitrogens is 2. The lowest BCUT2D eigenvalue weighted by molar-refractivity contribution is 0.282. The highest BCUT2D eigenvalue weighted by atomic mass is 35.5. The van der Waals surface area contributed by atoms with Gasteiger partial charge in [-0.1, -0.05) is 19.8 Å². The summed E-state index contributed by atoms with van der Waals surface area (Å²) in [4.78, 5) is 4.62. The molecule has 114 valence electrons. The molecule has 0 N–H and O–H groups in total. The number of benzene rings is 1. The first-order valence-corrected chi connectivity index (χ1v) is 8.27. The van der Waals surface area contributed by atoms with Crippen LogP contribution in [-0.4, -0.2) is 15.4 Å². The van der Waals surface area contributed by atoms with Gasteiger partial charge in [-0.3, -0.25) is 0 Å². The highest BCUT2D eigenvalue weighted by Crippen LogP contribution is 2.40. The Morgan fingerprint density at radius 3 is 2.71 bits per heavy atom. The van der Waals surface area contributed by atoms with Gasteiger partial charge in [-0.2, -0.15) is 0 Å². The van der Waals surface area contributed by atoms with Gasteiger partial charge in [-0.25, -0.2) is 9.37 Å². The molecule has 2 nitrogen and oxygen atoms in total. The Kier molecular flexibility index (Phi) is 3.96. The molecule has 1 fully saturated rings. The third-order valence-corrected chi connectivity index (χ3v) is 4.97. The molecule has 0 radical (unpaired) electrons. The molecule has 0 bridgehead atoms. The zero-order valence-corrected chi connectivity index (χ0v) is 13.5. The third-order valence-electron chi connectivity index (χ3n) is 4.78. The minimum Gasteiger partial charge on any atom is -0.327 e. The molecule has 0 atom stereocenters. The van der Waals surface area contributed by atoms with E-state index in [1.165, 1.54) is 25.7 Å². The summed E-state index contributed by atoms with van der Waals surface area (Å²) in [5.41, 5.74) is 2.80. The minimum absolute atomic E-state index is 0.184. The van der Waals surface area contributed by atoms with Gasteiger partial charge in [0.05, 0.1) is 11.0 Å².